The van der Waals surface area contributed by atoms with Crippen LogP contribution in [0.2, 0.25) is 0 Å². The molecule has 0 spiro atoms. The number of ether oxygens (including phenoxy) is 2. The average molecular weight is 282 g/mol. The lowest BCUT2D eigenvalue weighted by Crippen LogP contribution is -2.44. The Balaban J connectivity index is 1.87. The molecule has 1 saturated heterocycles. The van der Waals surface area contributed by atoms with Crippen molar-refractivity contribution in [3.8, 4) is 5.75 Å². The summed E-state index contributed by atoms with van der Waals surface area (Å²) in [5.74, 6) is -0.0536. The van der Waals surface area contributed by atoms with E-state index in [1.807, 2.05) is 6.07 Å². The van der Waals surface area contributed by atoms with Crippen LogP contribution >= 0.6 is 0 Å². The zero-order chi connectivity index (χ0) is 14.4. The van der Waals surface area contributed by atoms with E-state index in [9.17, 15) is 4.39 Å². The highest BCUT2D eigenvalue weighted by molar-refractivity contribution is 5.29. The summed E-state index contributed by atoms with van der Waals surface area (Å²) in [7, 11) is 0. The molecule has 0 aromatic heterocycles. The molecule has 0 aliphatic carbocycles. The Kier molecular flexibility index (Phi) is 5.76. The highest BCUT2D eigenvalue weighted by atomic mass is 19.1. The summed E-state index contributed by atoms with van der Waals surface area (Å²) in [5.41, 5.74) is 6.35. The molecule has 1 fully saturated rings. The van der Waals surface area contributed by atoms with Crippen LogP contribution < -0.4 is 10.5 Å². The van der Waals surface area contributed by atoms with Crippen LogP contribution in [0.25, 0.3) is 0 Å². The van der Waals surface area contributed by atoms with E-state index >= 15 is 0 Å². The second-order valence-corrected chi connectivity index (χ2v) is 5.00. The van der Waals surface area contributed by atoms with Crippen molar-refractivity contribution in [2.24, 2.45) is 5.73 Å². The molecular formula is C15H23FN2O2. The molecular weight excluding hydrogens is 259 g/mol. The van der Waals surface area contributed by atoms with Gasteiger partial charge in [0.1, 0.15) is 12.7 Å². The number of nitrogens with zero attached hydrogens (tertiary/aromatic N) is 1. The molecule has 20 heavy (non-hydrogen) atoms. The van der Waals surface area contributed by atoms with Gasteiger partial charge in [-0.1, -0.05) is 13.0 Å². The van der Waals surface area contributed by atoms with E-state index in [1.165, 1.54) is 6.07 Å². The Morgan fingerprint density at radius 1 is 1.50 bits per heavy atom. The van der Waals surface area contributed by atoms with Crippen molar-refractivity contribution < 1.29 is 13.9 Å². The van der Waals surface area contributed by atoms with Gasteiger partial charge in [0, 0.05) is 13.1 Å². The summed E-state index contributed by atoms with van der Waals surface area (Å²) in [6, 6.07) is 5.01. The lowest BCUT2D eigenvalue weighted by Gasteiger charge is -2.31. The van der Waals surface area contributed by atoms with Gasteiger partial charge in [0.2, 0.25) is 0 Å². The maximum absolute atomic E-state index is 13.9. The largest absolute Gasteiger partial charge is 0.488 e. The van der Waals surface area contributed by atoms with Gasteiger partial charge in [0.05, 0.1) is 6.61 Å². The minimum Gasteiger partial charge on any atom is -0.488 e. The minimum absolute atomic E-state index is 0.00631. The second kappa shape index (κ2) is 7.57. The highest BCUT2D eigenvalue weighted by Crippen LogP contribution is 2.19. The van der Waals surface area contributed by atoms with E-state index in [4.69, 9.17) is 15.2 Å². The molecule has 1 aromatic rings. The first-order valence-electron chi connectivity index (χ1n) is 7.18. The molecule has 1 aliphatic heterocycles. The molecule has 5 heteroatoms. The van der Waals surface area contributed by atoms with Crippen LogP contribution in [0.5, 0.6) is 5.75 Å². The Bertz CT molecular complexity index is 428. The first-order valence-corrected chi connectivity index (χ1v) is 7.18. The van der Waals surface area contributed by atoms with Crippen molar-refractivity contribution in [1.82, 2.24) is 4.90 Å². The molecule has 2 rings (SSSR count). The molecule has 2 N–H and O–H groups in total. The molecule has 1 aliphatic rings. The second-order valence-electron chi connectivity index (χ2n) is 5.00. The predicted octanol–water partition coefficient (Wildman–Crippen LogP) is 1.43. The van der Waals surface area contributed by atoms with Crippen LogP contribution in [-0.2, 0) is 11.2 Å². The Labute approximate surface area is 119 Å². The molecule has 4 nitrogen and oxygen atoms in total. The number of nitrogens with two attached hydrogens (primary N) is 1. The maximum Gasteiger partial charge on any atom is 0.165 e. The van der Waals surface area contributed by atoms with Crippen molar-refractivity contribution in [2.45, 2.75) is 19.4 Å². The first-order chi connectivity index (χ1) is 9.72. The summed E-state index contributed by atoms with van der Waals surface area (Å²) in [4.78, 5) is 2.30. The molecule has 0 saturated carbocycles. The number of hydrogen-bond donors (Lipinski definition) is 1. The van der Waals surface area contributed by atoms with E-state index in [0.29, 0.717) is 26.2 Å². The van der Waals surface area contributed by atoms with Crippen molar-refractivity contribution in [3.63, 3.8) is 0 Å². The number of likely N-dealkylation sites (N-methyl/N-ethyl adjacent to an activating group) is 1. The standard InChI is InChI=1S/C15H23FN2O2/c1-2-18-7-8-19-13(10-18)11-20-15-4-3-12(5-6-17)9-14(15)16/h3-4,9,13H,2,5-8,10-11,17H2,1H3. The van der Waals surface area contributed by atoms with Gasteiger partial charge in [-0.2, -0.15) is 0 Å². The molecule has 112 valence electrons. The number of morpholine rings is 1. The zero-order valence-corrected chi connectivity index (χ0v) is 12.0. The van der Waals surface area contributed by atoms with Crippen LogP contribution in [0.3, 0.4) is 0 Å². The van der Waals surface area contributed by atoms with Gasteiger partial charge >= 0.3 is 0 Å². The van der Waals surface area contributed by atoms with Crippen molar-refractivity contribution in [2.75, 3.05) is 39.4 Å². The SMILES string of the molecule is CCN1CCOC(COc2ccc(CCN)cc2F)C1. The van der Waals surface area contributed by atoms with Gasteiger partial charge in [-0.25, -0.2) is 4.39 Å². The number of benzene rings is 1. The summed E-state index contributed by atoms with van der Waals surface area (Å²) < 4.78 is 25.0. The van der Waals surface area contributed by atoms with Gasteiger partial charge < -0.3 is 15.2 Å². The average Bonchev–Trinajstić information content (AvgIpc) is 2.47. The van der Waals surface area contributed by atoms with Gasteiger partial charge in [0.25, 0.3) is 0 Å². The Morgan fingerprint density at radius 3 is 3.05 bits per heavy atom. The van der Waals surface area contributed by atoms with Crippen LogP contribution in [-0.4, -0.2) is 50.4 Å². The van der Waals surface area contributed by atoms with Crippen LogP contribution in [0.4, 0.5) is 4.39 Å². The van der Waals surface area contributed by atoms with E-state index in [2.05, 4.69) is 11.8 Å². The smallest absolute Gasteiger partial charge is 0.165 e. The fourth-order valence-electron chi connectivity index (χ4n) is 2.33. The van der Waals surface area contributed by atoms with Gasteiger partial charge in [0.15, 0.2) is 11.6 Å². The summed E-state index contributed by atoms with van der Waals surface area (Å²) >= 11 is 0. The van der Waals surface area contributed by atoms with Crippen LogP contribution in [0.15, 0.2) is 18.2 Å². The van der Waals surface area contributed by atoms with Crippen molar-refractivity contribution >= 4 is 0 Å². The highest BCUT2D eigenvalue weighted by Gasteiger charge is 2.20. The third-order valence-electron chi connectivity index (χ3n) is 3.52. The minimum atomic E-state index is -0.334. The van der Waals surface area contributed by atoms with Gasteiger partial charge in [-0.05, 0) is 37.2 Å². The predicted molar refractivity (Wildman–Crippen MR) is 76.5 cm³/mol. The Hall–Kier alpha value is -1.17. The van der Waals surface area contributed by atoms with Gasteiger partial charge in [-0.3, -0.25) is 4.90 Å². The van der Waals surface area contributed by atoms with Crippen molar-refractivity contribution in [3.05, 3.63) is 29.6 Å². The monoisotopic (exact) mass is 282 g/mol. The van der Waals surface area contributed by atoms with Crippen molar-refractivity contribution in [1.29, 1.82) is 0 Å². The molecule has 1 unspecified atom stereocenters. The third kappa shape index (κ3) is 4.16. The van der Waals surface area contributed by atoms with E-state index in [1.54, 1.807) is 6.07 Å². The van der Waals surface area contributed by atoms with Crippen LogP contribution in [0, 0.1) is 5.82 Å². The number of hydrogen-bond acceptors (Lipinski definition) is 4. The fraction of sp³-hybridized carbons (Fsp3) is 0.600. The normalized spacial score (nSPS) is 20.1. The topological polar surface area (TPSA) is 47.7 Å². The molecule has 0 bridgehead atoms. The molecule has 1 atom stereocenters. The molecule has 0 radical (unpaired) electrons. The lowest BCUT2D eigenvalue weighted by atomic mass is 10.1. The molecule has 1 aromatic carbocycles. The summed E-state index contributed by atoms with van der Waals surface area (Å²) in [5, 5.41) is 0. The maximum atomic E-state index is 13.9. The van der Waals surface area contributed by atoms with E-state index in [-0.39, 0.29) is 17.7 Å². The molecule has 0 amide bonds. The third-order valence-corrected chi connectivity index (χ3v) is 3.52. The first kappa shape index (κ1) is 15.2. The zero-order valence-electron chi connectivity index (χ0n) is 12.0. The fourth-order valence-corrected chi connectivity index (χ4v) is 2.33. The van der Waals surface area contributed by atoms with Crippen LogP contribution in [0.1, 0.15) is 12.5 Å². The van der Waals surface area contributed by atoms with E-state index < -0.39 is 0 Å². The van der Waals surface area contributed by atoms with E-state index in [0.717, 1.165) is 25.2 Å². The lowest BCUT2D eigenvalue weighted by molar-refractivity contribution is -0.0468. The quantitative estimate of drug-likeness (QED) is 0.857. The van der Waals surface area contributed by atoms with Gasteiger partial charge in [-0.15, -0.1) is 0 Å². The number of rotatable bonds is 6. The number of halogens is 1. The molecule has 1 heterocycles. The summed E-state index contributed by atoms with van der Waals surface area (Å²) in [6.07, 6.45) is 0.681. The summed E-state index contributed by atoms with van der Waals surface area (Å²) in [6.45, 7) is 6.52. The Morgan fingerprint density at radius 2 is 2.35 bits per heavy atom.